The number of amides is 2. The Hall–Kier alpha value is -2.05. The predicted molar refractivity (Wildman–Crippen MR) is 108 cm³/mol. The number of rotatable bonds is 2. The van der Waals surface area contributed by atoms with E-state index in [-0.39, 0.29) is 0 Å². The Morgan fingerprint density at radius 1 is 1.08 bits per heavy atom. The van der Waals surface area contributed by atoms with Crippen molar-refractivity contribution in [3.05, 3.63) is 57.5 Å². The molecule has 2 aromatic carbocycles. The number of halogens is 2. The SMILES string of the molecule is Cc1cc(Br)ccc1NC(=O)C(=O)N1CCN(c2cccc(Cl)c2)CC1. The molecule has 1 saturated heterocycles. The average Bonchev–Trinajstić information content (AvgIpc) is 2.63. The Kier molecular flexibility index (Phi) is 5.84. The van der Waals surface area contributed by atoms with E-state index in [1.165, 1.54) is 0 Å². The number of anilines is 2. The van der Waals surface area contributed by atoms with Crippen LogP contribution in [0.15, 0.2) is 46.9 Å². The highest BCUT2D eigenvalue weighted by Crippen LogP contribution is 2.22. The summed E-state index contributed by atoms with van der Waals surface area (Å²) < 4.78 is 0.927. The van der Waals surface area contributed by atoms with Crippen LogP contribution in [0.3, 0.4) is 0 Å². The summed E-state index contributed by atoms with van der Waals surface area (Å²) >= 11 is 9.42. The van der Waals surface area contributed by atoms with Crippen LogP contribution < -0.4 is 10.2 Å². The molecule has 136 valence electrons. The smallest absolute Gasteiger partial charge is 0.313 e. The molecule has 3 rings (SSSR count). The van der Waals surface area contributed by atoms with E-state index in [2.05, 4.69) is 26.1 Å². The Labute approximate surface area is 166 Å². The minimum absolute atomic E-state index is 0.498. The van der Waals surface area contributed by atoms with Gasteiger partial charge < -0.3 is 15.1 Å². The van der Waals surface area contributed by atoms with Crippen molar-refractivity contribution in [3.8, 4) is 0 Å². The molecule has 1 heterocycles. The van der Waals surface area contributed by atoms with Gasteiger partial charge in [-0.3, -0.25) is 9.59 Å². The van der Waals surface area contributed by atoms with Gasteiger partial charge in [0.2, 0.25) is 0 Å². The Bertz CT molecular complexity index is 835. The van der Waals surface area contributed by atoms with Gasteiger partial charge in [0.05, 0.1) is 0 Å². The van der Waals surface area contributed by atoms with Crippen molar-refractivity contribution >= 4 is 50.7 Å². The van der Waals surface area contributed by atoms with E-state index >= 15 is 0 Å². The summed E-state index contributed by atoms with van der Waals surface area (Å²) in [4.78, 5) is 28.5. The van der Waals surface area contributed by atoms with Gasteiger partial charge in [-0.2, -0.15) is 0 Å². The highest BCUT2D eigenvalue weighted by Gasteiger charge is 2.26. The highest BCUT2D eigenvalue weighted by molar-refractivity contribution is 9.10. The summed E-state index contributed by atoms with van der Waals surface area (Å²) in [5.74, 6) is -1.11. The molecule has 0 aliphatic carbocycles. The minimum atomic E-state index is -0.605. The van der Waals surface area contributed by atoms with Gasteiger partial charge in [0, 0.05) is 47.0 Å². The molecule has 1 N–H and O–H groups in total. The minimum Gasteiger partial charge on any atom is -0.368 e. The molecule has 5 nitrogen and oxygen atoms in total. The number of carbonyl (C=O) groups excluding carboxylic acids is 2. The first-order valence-electron chi connectivity index (χ1n) is 8.31. The molecule has 0 spiro atoms. The van der Waals surface area contributed by atoms with Crippen LogP contribution in [0, 0.1) is 6.92 Å². The van der Waals surface area contributed by atoms with E-state index < -0.39 is 11.8 Å². The molecule has 26 heavy (non-hydrogen) atoms. The molecule has 0 atom stereocenters. The van der Waals surface area contributed by atoms with Crippen molar-refractivity contribution < 1.29 is 9.59 Å². The van der Waals surface area contributed by atoms with E-state index in [1.54, 1.807) is 11.0 Å². The van der Waals surface area contributed by atoms with Gasteiger partial charge >= 0.3 is 11.8 Å². The van der Waals surface area contributed by atoms with Crippen molar-refractivity contribution in [2.24, 2.45) is 0 Å². The third kappa shape index (κ3) is 4.37. The van der Waals surface area contributed by atoms with Crippen LogP contribution in [0.1, 0.15) is 5.56 Å². The van der Waals surface area contributed by atoms with Crippen molar-refractivity contribution in [1.82, 2.24) is 4.90 Å². The number of carbonyl (C=O) groups is 2. The lowest BCUT2D eigenvalue weighted by molar-refractivity contribution is -0.143. The number of nitrogens with zero attached hydrogens (tertiary/aromatic N) is 2. The van der Waals surface area contributed by atoms with E-state index in [0.717, 1.165) is 15.7 Å². The van der Waals surface area contributed by atoms with Gasteiger partial charge in [0.15, 0.2) is 0 Å². The van der Waals surface area contributed by atoms with E-state index in [1.807, 2.05) is 43.3 Å². The monoisotopic (exact) mass is 435 g/mol. The van der Waals surface area contributed by atoms with E-state index in [4.69, 9.17) is 11.6 Å². The first-order chi connectivity index (χ1) is 12.4. The van der Waals surface area contributed by atoms with Crippen molar-refractivity contribution in [1.29, 1.82) is 0 Å². The zero-order valence-corrected chi connectivity index (χ0v) is 16.7. The predicted octanol–water partition coefficient (Wildman–Crippen LogP) is 3.70. The van der Waals surface area contributed by atoms with Gasteiger partial charge in [0.25, 0.3) is 0 Å². The summed E-state index contributed by atoms with van der Waals surface area (Å²) in [5, 5.41) is 3.39. The lowest BCUT2D eigenvalue weighted by Crippen LogP contribution is -2.51. The molecule has 1 aliphatic rings. The molecule has 1 fully saturated rings. The maximum Gasteiger partial charge on any atom is 0.313 e. The van der Waals surface area contributed by atoms with Gasteiger partial charge in [-0.25, -0.2) is 0 Å². The normalized spacial score (nSPS) is 14.3. The molecular formula is C19H19BrClN3O2. The van der Waals surface area contributed by atoms with Crippen LogP contribution in [0.4, 0.5) is 11.4 Å². The highest BCUT2D eigenvalue weighted by atomic mass is 79.9. The number of hydrogen-bond donors (Lipinski definition) is 1. The lowest BCUT2D eigenvalue weighted by atomic mass is 10.2. The third-order valence-corrected chi connectivity index (χ3v) is 5.10. The zero-order chi connectivity index (χ0) is 18.7. The van der Waals surface area contributed by atoms with Crippen LogP contribution in [0.25, 0.3) is 0 Å². The second kappa shape index (κ2) is 8.10. The second-order valence-corrected chi connectivity index (χ2v) is 7.52. The number of nitrogens with one attached hydrogen (secondary N) is 1. The van der Waals surface area contributed by atoms with Gasteiger partial charge in [0.1, 0.15) is 0 Å². The summed E-state index contributed by atoms with van der Waals surface area (Å²) in [7, 11) is 0. The number of piperazine rings is 1. The first kappa shape index (κ1) is 18.7. The van der Waals surface area contributed by atoms with Crippen molar-refractivity contribution in [3.63, 3.8) is 0 Å². The van der Waals surface area contributed by atoms with Crippen molar-refractivity contribution in [2.75, 3.05) is 36.4 Å². The third-order valence-electron chi connectivity index (χ3n) is 4.37. The maximum atomic E-state index is 12.4. The first-order valence-corrected chi connectivity index (χ1v) is 9.48. The molecule has 7 heteroatoms. The molecule has 1 aliphatic heterocycles. The standard InChI is InChI=1S/C19H19BrClN3O2/c1-13-11-14(20)5-6-17(13)22-18(25)19(26)24-9-7-23(8-10-24)16-4-2-3-15(21)12-16/h2-6,11-12H,7-10H2,1H3,(H,22,25). The summed E-state index contributed by atoms with van der Waals surface area (Å²) in [5.41, 5.74) is 2.56. The van der Waals surface area contributed by atoms with E-state index in [9.17, 15) is 9.59 Å². The molecule has 0 aromatic heterocycles. The Balaban J connectivity index is 1.58. The average molecular weight is 437 g/mol. The Morgan fingerprint density at radius 2 is 1.81 bits per heavy atom. The maximum absolute atomic E-state index is 12.4. The molecule has 0 bridgehead atoms. The van der Waals surface area contributed by atoms with Gasteiger partial charge in [-0.1, -0.05) is 33.6 Å². The van der Waals surface area contributed by atoms with Gasteiger partial charge in [-0.05, 0) is 48.9 Å². The number of hydrogen-bond acceptors (Lipinski definition) is 3. The van der Waals surface area contributed by atoms with Crippen molar-refractivity contribution in [2.45, 2.75) is 6.92 Å². The van der Waals surface area contributed by atoms with Crippen LogP contribution in [-0.4, -0.2) is 42.9 Å². The largest absolute Gasteiger partial charge is 0.368 e. The fraction of sp³-hybridized carbons (Fsp3) is 0.263. The quantitative estimate of drug-likeness (QED) is 0.731. The van der Waals surface area contributed by atoms with E-state index in [0.29, 0.717) is 36.9 Å². The lowest BCUT2D eigenvalue weighted by Gasteiger charge is -2.35. The van der Waals surface area contributed by atoms with Crippen LogP contribution >= 0.6 is 27.5 Å². The molecule has 2 amide bonds. The fourth-order valence-corrected chi connectivity index (χ4v) is 3.59. The molecular weight excluding hydrogens is 418 g/mol. The zero-order valence-electron chi connectivity index (χ0n) is 14.3. The topological polar surface area (TPSA) is 52.7 Å². The molecule has 0 unspecified atom stereocenters. The summed E-state index contributed by atoms with van der Waals surface area (Å²) in [6, 6.07) is 13.1. The Morgan fingerprint density at radius 3 is 2.46 bits per heavy atom. The molecule has 0 radical (unpaired) electrons. The number of aryl methyl sites for hydroxylation is 1. The van der Waals surface area contributed by atoms with Crippen LogP contribution in [0.5, 0.6) is 0 Å². The number of benzene rings is 2. The summed E-state index contributed by atoms with van der Waals surface area (Å²) in [6.45, 7) is 4.21. The summed E-state index contributed by atoms with van der Waals surface area (Å²) in [6.07, 6.45) is 0. The second-order valence-electron chi connectivity index (χ2n) is 6.17. The van der Waals surface area contributed by atoms with Crippen LogP contribution in [0.2, 0.25) is 5.02 Å². The fourth-order valence-electron chi connectivity index (χ4n) is 2.93. The van der Waals surface area contributed by atoms with Crippen LogP contribution in [-0.2, 0) is 9.59 Å². The van der Waals surface area contributed by atoms with Gasteiger partial charge in [-0.15, -0.1) is 0 Å². The molecule has 2 aromatic rings. The molecule has 0 saturated carbocycles.